The number of hydrogen-bond donors (Lipinski definition) is 1. The minimum absolute atomic E-state index is 0.0966. The Hall–Kier alpha value is -0.980. The molecule has 0 aliphatic heterocycles. The molecule has 0 amide bonds. The third-order valence-electron chi connectivity index (χ3n) is 2.11. The summed E-state index contributed by atoms with van der Waals surface area (Å²) in [5, 5.41) is 16.9. The van der Waals surface area contributed by atoms with E-state index in [-0.39, 0.29) is 6.61 Å². The van der Waals surface area contributed by atoms with Gasteiger partial charge in [-0.3, -0.25) is 0 Å². The molecule has 0 atom stereocenters. The summed E-state index contributed by atoms with van der Waals surface area (Å²) in [6, 6.07) is 0. The molecule has 6 heteroatoms. The highest BCUT2D eigenvalue weighted by Gasteiger charge is 2.11. The maximum absolute atomic E-state index is 9.05. The summed E-state index contributed by atoms with van der Waals surface area (Å²) >= 11 is 0. The smallest absolute Gasteiger partial charge is 0.114 e. The standard InChI is InChI=1S/C9H18N4O2/c1-12(2)4-5-13-9(7-15-3)8(6-14)10-11-13/h14H,4-7H2,1-3H3. The van der Waals surface area contributed by atoms with Crippen LogP contribution < -0.4 is 0 Å². The Kier molecular flexibility index (Phi) is 4.67. The van der Waals surface area contributed by atoms with Crippen molar-refractivity contribution in [2.75, 3.05) is 27.7 Å². The van der Waals surface area contributed by atoms with Crippen molar-refractivity contribution in [3.8, 4) is 0 Å². The van der Waals surface area contributed by atoms with Gasteiger partial charge < -0.3 is 14.7 Å². The van der Waals surface area contributed by atoms with Gasteiger partial charge in [0.2, 0.25) is 0 Å². The van der Waals surface area contributed by atoms with E-state index in [9.17, 15) is 0 Å². The summed E-state index contributed by atoms with van der Waals surface area (Å²) in [6.45, 7) is 1.96. The van der Waals surface area contributed by atoms with Gasteiger partial charge in [0.15, 0.2) is 0 Å². The van der Waals surface area contributed by atoms with Gasteiger partial charge in [0.1, 0.15) is 5.69 Å². The zero-order valence-electron chi connectivity index (χ0n) is 9.47. The summed E-state index contributed by atoms with van der Waals surface area (Å²) in [5.41, 5.74) is 1.44. The Morgan fingerprint density at radius 3 is 2.73 bits per heavy atom. The molecule has 1 heterocycles. The number of aromatic nitrogens is 3. The maximum Gasteiger partial charge on any atom is 0.114 e. The number of likely N-dealkylation sites (N-methyl/N-ethyl adjacent to an activating group) is 1. The van der Waals surface area contributed by atoms with Crippen molar-refractivity contribution in [1.29, 1.82) is 0 Å². The van der Waals surface area contributed by atoms with E-state index >= 15 is 0 Å². The lowest BCUT2D eigenvalue weighted by Crippen LogP contribution is -2.20. The molecule has 0 aliphatic carbocycles. The molecule has 0 saturated heterocycles. The van der Waals surface area contributed by atoms with E-state index in [4.69, 9.17) is 9.84 Å². The number of ether oxygens (including phenoxy) is 1. The molecule has 0 aliphatic rings. The average molecular weight is 214 g/mol. The van der Waals surface area contributed by atoms with Crippen LogP contribution in [0, 0.1) is 0 Å². The van der Waals surface area contributed by atoms with Crippen molar-refractivity contribution in [3.05, 3.63) is 11.4 Å². The van der Waals surface area contributed by atoms with Crippen LogP contribution in [-0.4, -0.2) is 52.8 Å². The summed E-state index contributed by atoms with van der Waals surface area (Å²) in [4.78, 5) is 2.07. The molecular weight excluding hydrogens is 196 g/mol. The minimum Gasteiger partial charge on any atom is -0.390 e. The molecule has 1 rings (SSSR count). The molecule has 0 spiro atoms. The quantitative estimate of drug-likeness (QED) is 0.690. The topological polar surface area (TPSA) is 63.4 Å². The molecule has 15 heavy (non-hydrogen) atoms. The zero-order valence-corrected chi connectivity index (χ0v) is 9.47. The minimum atomic E-state index is -0.0966. The highest BCUT2D eigenvalue weighted by atomic mass is 16.5. The second kappa shape index (κ2) is 5.79. The van der Waals surface area contributed by atoms with Gasteiger partial charge in [-0.05, 0) is 14.1 Å². The third-order valence-corrected chi connectivity index (χ3v) is 2.11. The van der Waals surface area contributed by atoms with Gasteiger partial charge in [-0.1, -0.05) is 5.21 Å². The Balaban J connectivity index is 2.72. The van der Waals surface area contributed by atoms with Crippen molar-refractivity contribution < 1.29 is 9.84 Å². The lowest BCUT2D eigenvalue weighted by molar-refractivity contribution is 0.172. The Bertz CT molecular complexity index is 298. The first-order valence-corrected chi connectivity index (χ1v) is 4.84. The highest BCUT2D eigenvalue weighted by molar-refractivity contribution is 5.07. The molecule has 6 nitrogen and oxygen atoms in total. The first-order chi connectivity index (χ1) is 7.19. The number of aliphatic hydroxyl groups is 1. The lowest BCUT2D eigenvalue weighted by Gasteiger charge is -2.11. The molecule has 1 aromatic rings. The van der Waals surface area contributed by atoms with E-state index in [0.29, 0.717) is 12.3 Å². The Labute approximate surface area is 89.4 Å². The van der Waals surface area contributed by atoms with Gasteiger partial charge in [-0.25, -0.2) is 4.68 Å². The van der Waals surface area contributed by atoms with Gasteiger partial charge in [0, 0.05) is 13.7 Å². The predicted octanol–water partition coefficient (Wildman–Crippen LogP) is -0.522. The second-order valence-corrected chi connectivity index (χ2v) is 3.60. The second-order valence-electron chi connectivity index (χ2n) is 3.60. The fraction of sp³-hybridized carbons (Fsp3) is 0.778. The molecule has 0 fully saturated rings. The van der Waals surface area contributed by atoms with Crippen LogP contribution in [0.2, 0.25) is 0 Å². The van der Waals surface area contributed by atoms with Crippen LogP contribution in [0.3, 0.4) is 0 Å². The number of aliphatic hydroxyl groups excluding tert-OH is 1. The van der Waals surface area contributed by atoms with Gasteiger partial charge in [-0.15, -0.1) is 5.10 Å². The summed E-state index contributed by atoms with van der Waals surface area (Å²) < 4.78 is 6.82. The number of rotatable bonds is 6. The van der Waals surface area contributed by atoms with Gasteiger partial charge >= 0.3 is 0 Å². The van der Waals surface area contributed by atoms with Crippen LogP contribution in [0.1, 0.15) is 11.4 Å². The molecule has 86 valence electrons. The normalized spacial score (nSPS) is 11.3. The predicted molar refractivity (Wildman–Crippen MR) is 55.2 cm³/mol. The van der Waals surface area contributed by atoms with Crippen LogP contribution >= 0.6 is 0 Å². The lowest BCUT2D eigenvalue weighted by atomic mass is 10.3. The Morgan fingerprint density at radius 2 is 2.20 bits per heavy atom. The molecular formula is C9H18N4O2. The molecule has 0 saturated carbocycles. The molecule has 0 bridgehead atoms. The first kappa shape index (κ1) is 12.1. The van der Waals surface area contributed by atoms with Crippen molar-refractivity contribution in [2.45, 2.75) is 19.8 Å². The maximum atomic E-state index is 9.05. The fourth-order valence-corrected chi connectivity index (χ4v) is 1.26. The van der Waals surface area contributed by atoms with Crippen molar-refractivity contribution in [3.63, 3.8) is 0 Å². The zero-order chi connectivity index (χ0) is 11.3. The highest BCUT2D eigenvalue weighted by Crippen LogP contribution is 2.06. The van der Waals surface area contributed by atoms with E-state index in [1.54, 1.807) is 11.8 Å². The van der Waals surface area contributed by atoms with Crippen LogP contribution in [-0.2, 0) is 24.5 Å². The molecule has 0 unspecified atom stereocenters. The van der Waals surface area contributed by atoms with E-state index in [1.165, 1.54) is 0 Å². The van der Waals surface area contributed by atoms with Crippen LogP contribution in [0.15, 0.2) is 0 Å². The molecule has 0 aromatic carbocycles. The molecule has 1 aromatic heterocycles. The van der Waals surface area contributed by atoms with E-state index < -0.39 is 0 Å². The van der Waals surface area contributed by atoms with Crippen molar-refractivity contribution >= 4 is 0 Å². The van der Waals surface area contributed by atoms with Gasteiger partial charge in [-0.2, -0.15) is 0 Å². The van der Waals surface area contributed by atoms with E-state index in [0.717, 1.165) is 18.8 Å². The SMILES string of the molecule is COCc1c(CO)nnn1CCN(C)C. The largest absolute Gasteiger partial charge is 0.390 e. The van der Waals surface area contributed by atoms with Crippen molar-refractivity contribution in [2.24, 2.45) is 0 Å². The van der Waals surface area contributed by atoms with Crippen molar-refractivity contribution in [1.82, 2.24) is 19.9 Å². The first-order valence-electron chi connectivity index (χ1n) is 4.84. The molecule has 1 N–H and O–H groups in total. The number of hydrogen-bond acceptors (Lipinski definition) is 5. The monoisotopic (exact) mass is 214 g/mol. The van der Waals surface area contributed by atoms with Gasteiger partial charge in [0.05, 0.1) is 25.5 Å². The summed E-state index contributed by atoms with van der Waals surface area (Å²) in [7, 11) is 5.62. The van der Waals surface area contributed by atoms with Crippen LogP contribution in [0.25, 0.3) is 0 Å². The third kappa shape index (κ3) is 3.26. The summed E-state index contributed by atoms with van der Waals surface area (Å²) in [6.07, 6.45) is 0. The van der Waals surface area contributed by atoms with E-state index in [1.807, 2.05) is 14.1 Å². The summed E-state index contributed by atoms with van der Waals surface area (Å²) in [5.74, 6) is 0. The number of methoxy groups -OCH3 is 1. The van der Waals surface area contributed by atoms with Gasteiger partial charge in [0.25, 0.3) is 0 Å². The Morgan fingerprint density at radius 1 is 1.47 bits per heavy atom. The fourth-order valence-electron chi connectivity index (χ4n) is 1.26. The molecule has 0 radical (unpaired) electrons. The number of nitrogens with zero attached hydrogens (tertiary/aromatic N) is 4. The van der Waals surface area contributed by atoms with Crippen LogP contribution in [0.5, 0.6) is 0 Å². The van der Waals surface area contributed by atoms with E-state index in [2.05, 4.69) is 15.2 Å². The average Bonchev–Trinajstić information content (AvgIpc) is 2.58. The van der Waals surface area contributed by atoms with Crippen LogP contribution in [0.4, 0.5) is 0 Å².